The van der Waals surface area contributed by atoms with E-state index in [9.17, 15) is 8.42 Å². The third kappa shape index (κ3) is 3.17. The summed E-state index contributed by atoms with van der Waals surface area (Å²) in [6, 6.07) is -0.422. The first kappa shape index (κ1) is 12.9. The maximum atomic E-state index is 11.0. The van der Waals surface area contributed by atoms with Crippen molar-refractivity contribution in [2.75, 3.05) is 24.4 Å². The number of hydrogen-bond acceptors (Lipinski definition) is 6. The van der Waals surface area contributed by atoms with Crippen molar-refractivity contribution in [2.24, 2.45) is 12.8 Å². The van der Waals surface area contributed by atoms with Gasteiger partial charge in [-0.1, -0.05) is 0 Å². The topological polar surface area (TPSA) is 103 Å². The first-order valence-corrected chi connectivity index (χ1v) is 6.91. The summed E-state index contributed by atoms with van der Waals surface area (Å²) in [5.41, 5.74) is 5.86. The SMILES string of the molecule is CNc1nnc(C(N)CCS(C)(=O)=O)n1C. The zero-order chi connectivity index (χ0) is 12.3. The highest BCUT2D eigenvalue weighted by molar-refractivity contribution is 7.90. The Kier molecular flexibility index (Phi) is 3.87. The number of hydrogen-bond donors (Lipinski definition) is 2. The number of anilines is 1. The van der Waals surface area contributed by atoms with Gasteiger partial charge in [0.2, 0.25) is 5.95 Å². The lowest BCUT2D eigenvalue weighted by Gasteiger charge is -2.10. The third-order valence-corrected chi connectivity index (χ3v) is 3.24. The summed E-state index contributed by atoms with van der Waals surface area (Å²) in [6.45, 7) is 0. The van der Waals surface area contributed by atoms with Crippen LogP contribution in [0.3, 0.4) is 0 Å². The van der Waals surface area contributed by atoms with Gasteiger partial charge < -0.3 is 11.1 Å². The third-order valence-electron chi connectivity index (χ3n) is 2.26. The van der Waals surface area contributed by atoms with E-state index in [2.05, 4.69) is 15.5 Å². The first-order chi connectivity index (χ1) is 7.35. The van der Waals surface area contributed by atoms with E-state index in [1.54, 1.807) is 18.7 Å². The molecule has 0 amide bonds. The lowest BCUT2D eigenvalue weighted by Crippen LogP contribution is -2.19. The quantitative estimate of drug-likeness (QED) is 0.712. The number of nitrogens with two attached hydrogens (primary N) is 1. The van der Waals surface area contributed by atoms with E-state index in [1.165, 1.54) is 6.26 Å². The van der Waals surface area contributed by atoms with Crippen molar-refractivity contribution in [1.29, 1.82) is 0 Å². The highest BCUT2D eigenvalue weighted by Crippen LogP contribution is 2.14. The van der Waals surface area contributed by atoms with Crippen molar-refractivity contribution < 1.29 is 8.42 Å². The minimum absolute atomic E-state index is 0.0515. The Balaban J connectivity index is 2.73. The van der Waals surface area contributed by atoms with Crippen LogP contribution in [0.15, 0.2) is 0 Å². The molecule has 1 atom stereocenters. The molecule has 1 rings (SSSR count). The smallest absolute Gasteiger partial charge is 0.224 e. The van der Waals surface area contributed by atoms with Crippen molar-refractivity contribution >= 4 is 15.8 Å². The Morgan fingerprint density at radius 1 is 1.50 bits per heavy atom. The maximum Gasteiger partial charge on any atom is 0.224 e. The second kappa shape index (κ2) is 4.79. The number of sulfone groups is 1. The summed E-state index contributed by atoms with van der Waals surface area (Å²) in [6.07, 6.45) is 1.53. The molecule has 1 heterocycles. The van der Waals surface area contributed by atoms with Crippen molar-refractivity contribution in [2.45, 2.75) is 12.5 Å². The average molecular weight is 247 g/mol. The molecule has 0 fully saturated rings. The Hall–Kier alpha value is -1.15. The van der Waals surface area contributed by atoms with Gasteiger partial charge in [0.05, 0.1) is 11.8 Å². The Labute approximate surface area is 95.0 Å². The van der Waals surface area contributed by atoms with E-state index in [-0.39, 0.29) is 5.75 Å². The predicted molar refractivity (Wildman–Crippen MR) is 61.8 cm³/mol. The number of nitrogens with one attached hydrogen (secondary N) is 1. The van der Waals surface area contributed by atoms with Crippen molar-refractivity contribution in [3.05, 3.63) is 5.82 Å². The maximum absolute atomic E-state index is 11.0. The van der Waals surface area contributed by atoms with E-state index < -0.39 is 15.9 Å². The Bertz CT molecular complexity index is 453. The minimum Gasteiger partial charge on any atom is -0.357 e. The van der Waals surface area contributed by atoms with Crippen LogP contribution in [0, 0.1) is 0 Å². The number of nitrogens with zero attached hydrogens (tertiary/aromatic N) is 3. The Morgan fingerprint density at radius 3 is 2.56 bits per heavy atom. The van der Waals surface area contributed by atoms with Crippen LogP contribution in [-0.2, 0) is 16.9 Å². The number of rotatable bonds is 5. The highest BCUT2D eigenvalue weighted by atomic mass is 32.2. The Morgan fingerprint density at radius 2 is 2.12 bits per heavy atom. The largest absolute Gasteiger partial charge is 0.357 e. The predicted octanol–water partition coefficient (Wildman–Crippen LogP) is -0.709. The summed E-state index contributed by atoms with van der Waals surface area (Å²) in [7, 11) is 0.519. The molecule has 8 heteroatoms. The van der Waals surface area contributed by atoms with Crippen molar-refractivity contribution in [3.63, 3.8) is 0 Å². The van der Waals surface area contributed by atoms with Crippen LogP contribution in [0.5, 0.6) is 0 Å². The standard InChI is InChI=1S/C8H17N5O2S/c1-10-8-12-11-7(13(8)2)6(9)4-5-16(3,14)15/h6H,4-5,9H2,1-3H3,(H,10,12). The summed E-state index contributed by atoms with van der Waals surface area (Å²) in [5, 5.41) is 10.6. The van der Waals surface area contributed by atoms with Crippen LogP contribution in [0.4, 0.5) is 5.95 Å². The first-order valence-electron chi connectivity index (χ1n) is 4.85. The highest BCUT2D eigenvalue weighted by Gasteiger charge is 2.16. The van der Waals surface area contributed by atoms with Crippen LogP contribution in [-0.4, -0.2) is 42.2 Å². The number of aromatic nitrogens is 3. The molecular weight excluding hydrogens is 230 g/mol. The fourth-order valence-corrected chi connectivity index (χ4v) is 2.03. The van der Waals surface area contributed by atoms with Crippen LogP contribution in [0.1, 0.15) is 18.3 Å². The zero-order valence-corrected chi connectivity index (χ0v) is 10.5. The van der Waals surface area contributed by atoms with Crippen LogP contribution in [0.25, 0.3) is 0 Å². The summed E-state index contributed by atoms with van der Waals surface area (Å²) >= 11 is 0. The average Bonchev–Trinajstić information content (AvgIpc) is 2.55. The molecule has 92 valence electrons. The summed E-state index contributed by atoms with van der Waals surface area (Å²) < 4.78 is 23.7. The van der Waals surface area contributed by atoms with E-state index >= 15 is 0 Å². The normalized spacial score (nSPS) is 13.8. The lowest BCUT2D eigenvalue weighted by atomic mass is 10.2. The van der Waals surface area contributed by atoms with Gasteiger partial charge in [0.25, 0.3) is 0 Å². The summed E-state index contributed by atoms with van der Waals surface area (Å²) in [4.78, 5) is 0. The second-order valence-electron chi connectivity index (χ2n) is 3.72. The van der Waals surface area contributed by atoms with Gasteiger partial charge in [-0.2, -0.15) is 0 Å². The molecule has 0 aliphatic rings. The molecule has 0 radical (unpaired) electrons. The molecule has 0 aliphatic heterocycles. The van der Waals surface area contributed by atoms with Gasteiger partial charge in [0, 0.05) is 20.4 Å². The molecule has 3 N–H and O–H groups in total. The van der Waals surface area contributed by atoms with Gasteiger partial charge in [0.15, 0.2) is 5.82 Å². The van der Waals surface area contributed by atoms with E-state index in [0.717, 1.165) is 0 Å². The van der Waals surface area contributed by atoms with Gasteiger partial charge >= 0.3 is 0 Å². The molecule has 0 bridgehead atoms. The molecule has 0 spiro atoms. The fraction of sp³-hybridized carbons (Fsp3) is 0.750. The fourth-order valence-electron chi connectivity index (χ4n) is 1.35. The van der Waals surface area contributed by atoms with E-state index in [0.29, 0.717) is 18.2 Å². The molecule has 16 heavy (non-hydrogen) atoms. The van der Waals surface area contributed by atoms with Gasteiger partial charge in [-0.15, -0.1) is 10.2 Å². The molecule has 0 aromatic carbocycles. The minimum atomic E-state index is -2.99. The summed E-state index contributed by atoms with van der Waals surface area (Å²) in [5.74, 6) is 1.23. The molecule has 7 nitrogen and oxygen atoms in total. The lowest BCUT2D eigenvalue weighted by molar-refractivity contribution is 0.579. The van der Waals surface area contributed by atoms with Gasteiger partial charge in [-0.25, -0.2) is 8.42 Å². The molecule has 1 unspecified atom stereocenters. The molecule has 0 aliphatic carbocycles. The second-order valence-corrected chi connectivity index (χ2v) is 5.98. The van der Waals surface area contributed by atoms with Crippen molar-refractivity contribution in [3.8, 4) is 0 Å². The zero-order valence-electron chi connectivity index (χ0n) is 9.64. The van der Waals surface area contributed by atoms with Gasteiger partial charge in [-0.05, 0) is 6.42 Å². The van der Waals surface area contributed by atoms with Gasteiger partial charge in [-0.3, -0.25) is 4.57 Å². The van der Waals surface area contributed by atoms with E-state index in [1.807, 2.05) is 0 Å². The molecule has 0 saturated carbocycles. The van der Waals surface area contributed by atoms with Crippen LogP contribution >= 0.6 is 0 Å². The van der Waals surface area contributed by atoms with Crippen molar-refractivity contribution in [1.82, 2.24) is 14.8 Å². The molecule has 1 aromatic heterocycles. The molecular formula is C8H17N5O2S. The van der Waals surface area contributed by atoms with E-state index in [4.69, 9.17) is 5.73 Å². The monoisotopic (exact) mass is 247 g/mol. The molecule has 0 saturated heterocycles. The van der Waals surface area contributed by atoms with Crippen LogP contribution in [0.2, 0.25) is 0 Å². The van der Waals surface area contributed by atoms with Gasteiger partial charge in [0.1, 0.15) is 9.84 Å². The molecule has 1 aromatic rings. The van der Waals surface area contributed by atoms with Crippen LogP contribution < -0.4 is 11.1 Å².